The lowest BCUT2D eigenvalue weighted by Gasteiger charge is -2.35. The van der Waals surface area contributed by atoms with Crippen molar-refractivity contribution in [3.05, 3.63) is 59.4 Å². The lowest BCUT2D eigenvalue weighted by molar-refractivity contribution is 0.0995. The molecule has 0 spiro atoms. The Morgan fingerprint density at radius 2 is 1.93 bits per heavy atom. The van der Waals surface area contributed by atoms with Crippen molar-refractivity contribution in [3.63, 3.8) is 0 Å². The lowest BCUT2D eigenvalue weighted by Crippen LogP contribution is -2.46. The van der Waals surface area contributed by atoms with Gasteiger partial charge < -0.3 is 15.4 Å². The zero-order chi connectivity index (χ0) is 20.2. The molecule has 8 heteroatoms. The van der Waals surface area contributed by atoms with E-state index in [1.807, 2.05) is 30.3 Å². The number of anilines is 1. The minimum Gasteiger partial charge on any atom is -0.497 e. The number of hydrogen-bond donors (Lipinski definition) is 1. The van der Waals surface area contributed by atoms with Crippen LogP contribution in [0.15, 0.2) is 48.0 Å². The summed E-state index contributed by atoms with van der Waals surface area (Å²) in [5.74, 6) is 0.349. The van der Waals surface area contributed by atoms with Crippen LogP contribution in [0.1, 0.15) is 16.2 Å². The highest BCUT2D eigenvalue weighted by Crippen LogP contribution is 2.26. The third kappa shape index (κ3) is 4.55. The molecule has 0 saturated carbocycles. The van der Waals surface area contributed by atoms with Gasteiger partial charge in [0.1, 0.15) is 16.5 Å². The number of methoxy groups -OCH3 is 1. The molecule has 0 radical (unpaired) electrons. The molecule has 1 aliphatic rings. The van der Waals surface area contributed by atoms with Crippen LogP contribution in [0.4, 0.5) is 5.69 Å². The Bertz CT molecular complexity index is 981. The number of nitrogens with zero attached hydrogens (tertiary/aromatic N) is 4. The number of piperazine rings is 1. The second-order valence-corrected chi connectivity index (χ2v) is 7.76. The smallest absolute Gasteiger partial charge is 0.267 e. The van der Waals surface area contributed by atoms with Gasteiger partial charge in [-0.2, -0.15) is 0 Å². The molecule has 0 aliphatic carbocycles. The van der Waals surface area contributed by atoms with E-state index in [9.17, 15) is 4.79 Å². The second-order valence-electron chi connectivity index (χ2n) is 6.90. The number of nitrogens with two attached hydrogens (primary N) is 1. The number of primary amides is 1. The van der Waals surface area contributed by atoms with Gasteiger partial charge in [0.15, 0.2) is 0 Å². The SMILES string of the molecule is COc1ccc(-c2nc(CN3CCN(c4ccnc(C(N)=O)c4)CC3)cs2)cc1. The second kappa shape index (κ2) is 8.59. The number of aromatic nitrogens is 2. The molecule has 1 aliphatic heterocycles. The summed E-state index contributed by atoms with van der Waals surface area (Å²) in [6.45, 7) is 4.48. The molecule has 0 bridgehead atoms. The van der Waals surface area contributed by atoms with Gasteiger partial charge in [0.05, 0.1) is 12.8 Å². The molecular formula is C21H23N5O2S. The van der Waals surface area contributed by atoms with E-state index < -0.39 is 5.91 Å². The van der Waals surface area contributed by atoms with Gasteiger partial charge in [-0.15, -0.1) is 11.3 Å². The number of benzene rings is 1. The first-order chi connectivity index (χ1) is 14.1. The van der Waals surface area contributed by atoms with Gasteiger partial charge in [0, 0.05) is 55.6 Å². The van der Waals surface area contributed by atoms with Crippen molar-refractivity contribution in [2.24, 2.45) is 5.73 Å². The Hall–Kier alpha value is -2.97. The predicted octanol–water partition coefficient (Wildman–Crippen LogP) is 2.63. The molecule has 29 heavy (non-hydrogen) atoms. The normalized spacial score (nSPS) is 14.7. The third-order valence-corrected chi connectivity index (χ3v) is 5.95. The summed E-state index contributed by atoms with van der Waals surface area (Å²) < 4.78 is 5.22. The summed E-state index contributed by atoms with van der Waals surface area (Å²) in [6, 6.07) is 11.7. The largest absolute Gasteiger partial charge is 0.497 e. The monoisotopic (exact) mass is 409 g/mol. The average molecular weight is 410 g/mol. The molecule has 2 N–H and O–H groups in total. The Balaban J connectivity index is 1.35. The Labute approximate surface area is 173 Å². The molecule has 3 heterocycles. The van der Waals surface area contributed by atoms with E-state index in [0.29, 0.717) is 5.69 Å². The molecular weight excluding hydrogens is 386 g/mol. The van der Waals surface area contributed by atoms with Crippen LogP contribution in [-0.4, -0.2) is 54.1 Å². The number of ether oxygens (including phenoxy) is 1. The molecule has 7 nitrogen and oxygen atoms in total. The van der Waals surface area contributed by atoms with E-state index in [-0.39, 0.29) is 0 Å². The molecule has 1 amide bonds. The first-order valence-electron chi connectivity index (χ1n) is 9.44. The van der Waals surface area contributed by atoms with E-state index in [1.54, 1.807) is 30.7 Å². The van der Waals surface area contributed by atoms with Crippen LogP contribution in [0.25, 0.3) is 10.6 Å². The molecule has 1 aromatic carbocycles. The third-order valence-electron chi connectivity index (χ3n) is 5.01. The van der Waals surface area contributed by atoms with E-state index in [1.165, 1.54) is 0 Å². The van der Waals surface area contributed by atoms with Crippen molar-refractivity contribution in [3.8, 4) is 16.3 Å². The van der Waals surface area contributed by atoms with E-state index in [0.717, 1.165) is 60.4 Å². The van der Waals surface area contributed by atoms with Crippen molar-refractivity contribution < 1.29 is 9.53 Å². The number of amides is 1. The summed E-state index contributed by atoms with van der Waals surface area (Å²) in [5, 5.41) is 3.16. The van der Waals surface area contributed by atoms with Crippen molar-refractivity contribution >= 4 is 22.9 Å². The van der Waals surface area contributed by atoms with Crippen LogP contribution in [-0.2, 0) is 6.54 Å². The molecule has 1 saturated heterocycles. The van der Waals surface area contributed by atoms with E-state index in [4.69, 9.17) is 15.5 Å². The quantitative estimate of drug-likeness (QED) is 0.674. The zero-order valence-electron chi connectivity index (χ0n) is 16.2. The van der Waals surface area contributed by atoms with Gasteiger partial charge in [-0.05, 0) is 36.4 Å². The van der Waals surface area contributed by atoms with Gasteiger partial charge >= 0.3 is 0 Å². The molecule has 2 aromatic heterocycles. The van der Waals surface area contributed by atoms with Gasteiger partial charge in [-0.25, -0.2) is 4.98 Å². The molecule has 4 rings (SSSR count). The summed E-state index contributed by atoms with van der Waals surface area (Å²) in [6.07, 6.45) is 1.64. The number of carbonyl (C=O) groups excluding carboxylic acids is 1. The summed E-state index contributed by atoms with van der Waals surface area (Å²) >= 11 is 1.67. The van der Waals surface area contributed by atoms with Crippen molar-refractivity contribution in [1.82, 2.24) is 14.9 Å². The number of thiazole rings is 1. The van der Waals surface area contributed by atoms with Crippen molar-refractivity contribution in [2.75, 3.05) is 38.2 Å². The maximum absolute atomic E-state index is 11.3. The van der Waals surface area contributed by atoms with Crippen LogP contribution in [0.5, 0.6) is 5.75 Å². The van der Waals surface area contributed by atoms with Gasteiger partial charge in [0.2, 0.25) is 0 Å². The summed E-state index contributed by atoms with van der Waals surface area (Å²) in [7, 11) is 1.67. The Kier molecular flexibility index (Phi) is 5.73. The fraction of sp³-hybridized carbons (Fsp3) is 0.286. The van der Waals surface area contributed by atoms with Crippen LogP contribution in [0.3, 0.4) is 0 Å². The predicted molar refractivity (Wildman–Crippen MR) is 114 cm³/mol. The number of carbonyl (C=O) groups is 1. The highest BCUT2D eigenvalue weighted by Gasteiger charge is 2.19. The van der Waals surface area contributed by atoms with Crippen molar-refractivity contribution in [2.45, 2.75) is 6.54 Å². The topological polar surface area (TPSA) is 84.6 Å². The first-order valence-corrected chi connectivity index (χ1v) is 10.3. The van der Waals surface area contributed by atoms with E-state index >= 15 is 0 Å². The number of pyridine rings is 1. The van der Waals surface area contributed by atoms with Gasteiger partial charge in [-0.3, -0.25) is 14.7 Å². The highest BCUT2D eigenvalue weighted by atomic mass is 32.1. The molecule has 1 fully saturated rings. The maximum atomic E-state index is 11.3. The minimum absolute atomic E-state index is 0.304. The van der Waals surface area contributed by atoms with Crippen LogP contribution >= 0.6 is 11.3 Å². The van der Waals surface area contributed by atoms with E-state index in [2.05, 4.69) is 20.2 Å². The standard InChI is InChI=1S/C21H23N5O2S/c1-28-18-4-2-15(3-5-18)21-24-16(14-29-21)13-25-8-10-26(11-9-25)17-6-7-23-19(12-17)20(22)27/h2-7,12,14H,8-11,13H2,1H3,(H2,22,27). The molecule has 0 atom stereocenters. The first kappa shape index (κ1) is 19.4. The average Bonchev–Trinajstić information content (AvgIpc) is 3.23. The minimum atomic E-state index is -0.498. The van der Waals surface area contributed by atoms with Crippen molar-refractivity contribution in [1.29, 1.82) is 0 Å². The van der Waals surface area contributed by atoms with Gasteiger partial charge in [0.25, 0.3) is 5.91 Å². The molecule has 0 unspecified atom stereocenters. The fourth-order valence-corrected chi connectivity index (χ4v) is 4.21. The molecule has 150 valence electrons. The summed E-state index contributed by atoms with van der Waals surface area (Å²) in [5.41, 5.74) is 8.83. The van der Waals surface area contributed by atoms with Crippen LogP contribution in [0, 0.1) is 0 Å². The Morgan fingerprint density at radius 3 is 2.62 bits per heavy atom. The number of rotatable bonds is 6. The van der Waals surface area contributed by atoms with Crippen LogP contribution < -0.4 is 15.4 Å². The maximum Gasteiger partial charge on any atom is 0.267 e. The lowest BCUT2D eigenvalue weighted by atomic mass is 10.2. The van der Waals surface area contributed by atoms with Gasteiger partial charge in [-0.1, -0.05) is 0 Å². The number of hydrogen-bond acceptors (Lipinski definition) is 7. The fourth-order valence-electron chi connectivity index (χ4n) is 3.39. The Morgan fingerprint density at radius 1 is 1.17 bits per heavy atom. The van der Waals surface area contributed by atoms with Crippen LogP contribution in [0.2, 0.25) is 0 Å². The summed E-state index contributed by atoms with van der Waals surface area (Å²) in [4.78, 5) is 24.8. The zero-order valence-corrected chi connectivity index (χ0v) is 17.1. The highest BCUT2D eigenvalue weighted by molar-refractivity contribution is 7.13. The molecule has 3 aromatic rings.